The molecule has 2 atom stereocenters. The Kier molecular flexibility index (Phi) is 3.55. The van der Waals surface area contributed by atoms with Crippen LogP contribution >= 0.6 is 0 Å². The Morgan fingerprint density at radius 1 is 1.28 bits per heavy atom. The van der Waals surface area contributed by atoms with Gasteiger partial charge < -0.3 is 14.4 Å². The lowest BCUT2D eigenvalue weighted by atomic mass is 10.2. The molecule has 2 unspecified atom stereocenters. The second-order valence-corrected chi connectivity index (χ2v) is 4.47. The van der Waals surface area contributed by atoms with E-state index in [0.717, 1.165) is 11.5 Å². The number of hydrogen-bond acceptors (Lipinski definition) is 5. The van der Waals surface area contributed by atoms with Crippen molar-refractivity contribution in [2.45, 2.75) is 19.1 Å². The summed E-state index contributed by atoms with van der Waals surface area (Å²) >= 11 is 0. The summed E-state index contributed by atoms with van der Waals surface area (Å²) in [5.74, 6) is 0.844. The first kappa shape index (κ1) is 12.9. The van der Waals surface area contributed by atoms with Gasteiger partial charge >= 0.3 is 0 Å². The Morgan fingerprint density at radius 3 is 2.28 bits per heavy atom. The third-order valence-electron chi connectivity index (χ3n) is 3.42. The zero-order chi connectivity index (χ0) is 13.3. The zero-order valence-corrected chi connectivity index (χ0v) is 11.2. The van der Waals surface area contributed by atoms with Gasteiger partial charge in [0.15, 0.2) is 0 Å². The van der Waals surface area contributed by atoms with E-state index in [4.69, 9.17) is 9.47 Å². The van der Waals surface area contributed by atoms with E-state index in [9.17, 15) is 5.26 Å². The molecule has 2 rings (SSSR count). The van der Waals surface area contributed by atoms with E-state index < -0.39 is 0 Å². The number of hydrogen-bond donors (Lipinski definition) is 0. The molecule has 6 nitrogen and oxygen atoms in total. The predicted octanol–water partition coefficient (Wildman–Crippen LogP) is 0.450. The van der Waals surface area contributed by atoms with Gasteiger partial charge in [0, 0.05) is 34.4 Å². The third-order valence-corrected chi connectivity index (χ3v) is 3.42. The Hall–Kier alpha value is -1.58. The van der Waals surface area contributed by atoms with Crippen LogP contribution in [0, 0.1) is 18.3 Å². The molecule has 0 amide bonds. The molecule has 1 saturated heterocycles. The van der Waals surface area contributed by atoms with Crippen molar-refractivity contribution in [3.8, 4) is 6.07 Å². The van der Waals surface area contributed by atoms with Crippen molar-refractivity contribution in [3.05, 3.63) is 11.3 Å². The molecule has 1 aromatic heterocycles. The number of nitrogens with zero attached hydrogens (tertiary/aromatic N) is 4. The summed E-state index contributed by atoms with van der Waals surface area (Å²) in [4.78, 5) is 2.10. The molecule has 1 aromatic rings. The molecule has 1 aliphatic rings. The van der Waals surface area contributed by atoms with Crippen molar-refractivity contribution >= 4 is 5.82 Å². The van der Waals surface area contributed by atoms with Crippen molar-refractivity contribution in [2.75, 3.05) is 32.2 Å². The van der Waals surface area contributed by atoms with Crippen LogP contribution in [0.2, 0.25) is 0 Å². The fraction of sp³-hybridized carbons (Fsp3) is 0.667. The molecule has 18 heavy (non-hydrogen) atoms. The number of methoxy groups -OCH3 is 2. The molecule has 98 valence electrons. The minimum Gasteiger partial charge on any atom is -0.377 e. The number of aromatic nitrogens is 2. The SMILES string of the molecule is COC1CN(c2c(C#N)c(C)nn2C)CC1OC. The predicted molar refractivity (Wildman–Crippen MR) is 66.5 cm³/mol. The van der Waals surface area contributed by atoms with Crippen LogP contribution in [0.15, 0.2) is 0 Å². The molecule has 0 N–H and O–H groups in total. The van der Waals surface area contributed by atoms with Crippen LogP contribution < -0.4 is 4.90 Å². The summed E-state index contributed by atoms with van der Waals surface area (Å²) in [5.41, 5.74) is 1.38. The Labute approximate surface area is 107 Å². The van der Waals surface area contributed by atoms with Crippen molar-refractivity contribution in [3.63, 3.8) is 0 Å². The van der Waals surface area contributed by atoms with Gasteiger partial charge in [-0.05, 0) is 6.92 Å². The van der Waals surface area contributed by atoms with Crippen LogP contribution in [-0.4, -0.2) is 49.3 Å². The van der Waals surface area contributed by atoms with Crippen molar-refractivity contribution in [2.24, 2.45) is 7.05 Å². The number of nitriles is 1. The average molecular weight is 250 g/mol. The number of ether oxygens (including phenoxy) is 2. The van der Waals surface area contributed by atoms with Gasteiger partial charge in [-0.2, -0.15) is 10.4 Å². The van der Waals surface area contributed by atoms with Gasteiger partial charge in [0.2, 0.25) is 0 Å². The summed E-state index contributed by atoms with van der Waals surface area (Å²) in [6, 6.07) is 2.22. The van der Waals surface area contributed by atoms with Crippen LogP contribution in [-0.2, 0) is 16.5 Å². The molecule has 6 heteroatoms. The van der Waals surface area contributed by atoms with E-state index in [0.29, 0.717) is 18.7 Å². The Morgan fingerprint density at radius 2 is 1.83 bits per heavy atom. The van der Waals surface area contributed by atoms with Gasteiger partial charge in [0.1, 0.15) is 29.7 Å². The first-order valence-corrected chi connectivity index (χ1v) is 5.86. The van der Waals surface area contributed by atoms with Crippen molar-refractivity contribution in [1.29, 1.82) is 5.26 Å². The molecule has 0 spiro atoms. The van der Waals surface area contributed by atoms with Gasteiger partial charge in [0.25, 0.3) is 0 Å². The van der Waals surface area contributed by atoms with Gasteiger partial charge in [-0.3, -0.25) is 4.68 Å². The number of aryl methyl sites for hydroxylation is 2. The maximum atomic E-state index is 9.23. The quantitative estimate of drug-likeness (QED) is 0.779. The lowest BCUT2D eigenvalue weighted by molar-refractivity contribution is -0.00461. The van der Waals surface area contributed by atoms with E-state index in [-0.39, 0.29) is 12.2 Å². The lowest BCUT2D eigenvalue weighted by Gasteiger charge is -2.18. The highest BCUT2D eigenvalue weighted by atomic mass is 16.5. The molecular formula is C12H18N4O2. The van der Waals surface area contributed by atoms with Gasteiger partial charge in [-0.25, -0.2) is 0 Å². The summed E-state index contributed by atoms with van der Waals surface area (Å²) in [6.45, 7) is 3.27. The van der Waals surface area contributed by atoms with E-state index in [1.165, 1.54) is 0 Å². The minimum atomic E-state index is 0.0248. The highest BCUT2D eigenvalue weighted by Gasteiger charge is 2.35. The second-order valence-electron chi connectivity index (χ2n) is 4.47. The van der Waals surface area contributed by atoms with Crippen LogP contribution in [0.1, 0.15) is 11.3 Å². The normalized spacial score (nSPS) is 23.4. The maximum Gasteiger partial charge on any atom is 0.145 e. The summed E-state index contributed by atoms with van der Waals surface area (Å²) < 4.78 is 12.6. The van der Waals surface area contributed by atoms with E-state index in [1.807, 2.05) is 14.0 Å². The molecule has 0 aromatic carbocycles. The summed E-state index contributed by atoms with van der Waals surface area (Å²) in [7, 11) is 5.21. The molecule has 0 aliphatic carbocycles. The summed E-state index contributed by atoms with van der Waals surface area (Å²) in [5, 5.41) is 13.5. The number of rotatable bonds is 3. The topological polar surface area (TPSA) is 63.3 Å². The molecule has 1 aliphatic heterocycles. The zero-order valence-electron chi connectivity index (χ0n) is 11.2. The largest absolute Gasteiger partial charge is 0.377 e. The Balaban J connectivity index is 2.32. The lowest BCUT2D eigenvalue weighted by Crippen LogP contribution is -2.27. The standard InChI is InChI=1S/C12H18N4O2/c1-8-9(5-13)12(15(2)14-8)16-6-10(17-3)11(7-16)18-4/h10-11H,6-7H2,1-4H3. The molecule has 0 radical (unpaired) electrons. The minimum absolute atomic E-state index is 0.0248. The van der Waals surface area contributed by atoms with Crippen molar-refractivity contribution in [1.82, 2.24) is 9.78 Å². The number of anilines is 1. The first-order chi connectivity index (χ1) is 8.62. The van der Waals surface area contributed by atoms with Crippen molar-refractivity contribution < 1.29 is 9.47 Å². The van der Waals surface area contributed by atoms with E-state index in [1.54, 1.807) is 18.9 Å². The third kappa shape index (κ3) is 1.96. The molecule has 0 bridgehead atoms. The average Bonchev–Trinajstić information content (AvgIpc) is 2.88. The van der Waals surface area contributed by atoms with Gasteiger partial charge in [0.05, 0.1) is 5.69 Å². The van der Waals surface area contributed by atoms with Gasteiger partial charge in [-0.1, -0.05) is 0 Å². The van der Waals surface area contributed by atoms with Crippen LogP contribution in [0.5, 0.6) is 0 Å². The fourth-order valence-corrected chi connectivity index (χ4v) is 2.51. The molecular weight excluding hydrogens is 232 g/mol. The molecule has 2 heterocycles. The van der Waals surface area contributed by atoms with Crippen LogP contribution in [0.4, 0.5) is 5.82 Å². The van der Waals surface area contributed by atoms with Crippen LogP contribution in [0.3, 0.4) is 0 Å². The molecule has 0 saturated carbocycles. The monoisotopic (exact) mass is 250 g/mol. The highest BCUT2D eigenvalue weighted by Crippen LogP contribution is 2.27. The fourth-order valence-electron chi connectivity index (χ4n) is 2.51. The van der Waals surface area contributed by atoms with Crippen LogP contribution in [0.25, 0.3) is 0 Å². The highest BCUT2D eigenvalue weighted by molar-refractivity contribution is 5.57. The van der Waals surface area contributed by atoms with E-state index in [2.05, 4.69) is 16.1 Å². The maximum absolute atomic E-state index is 9.23. The smallest absolute Gasteiger partial charge is 0.145 e. The second kappa shape index (κ2) is 4.96. The Bertz CT molecular complexity index is 465. The van der Waals surface area contributed by atoms with Gasteiger partial charge in [-0.15, -0.1) is 0 Å². The first-order valence-electron chi connectivity index (χ1n) is 5.86. The van der Waals surface area contributed by atoms with E-state index >= 15 is 0 Å². The molecule has 1 fully saturated rings. The summed E-state index contributed by atoms with van der Waals surface area (Å²) in [6.07, 6.45) is 0.0495.